The molecule has 1 unspecified atom stereocenters. The van der Waals surface area contributed by atoms with Gasteiger partial charge >= 0.3 is 17.9 Å². The Bertz CT molecular complexity index is 1400. The third-order valence-corrected chi connectivity index (χ3v) is 13.4. The van der Waals surface area contributed by atoms with Crippen LogP contribution in [0.2, 0.25) is 0 Å². The molecule has 420 valence electrons. The summed E-state index contributed by atoms with van der Waals surface area (Å²) < 4.78 is 16.8. The molecule has 1 atom stereocenters. The van der Waals surface area contributed by atoms with Gasteiger partial charge in [0.25, 0.3) is 0 Å². The highest BCUT2D eigenvalue weighted by Gasteiger charge is 2.19. The summed E-state index contributed by atoms with van der Waals surface area (Å²) in [7, 11) is 0. The van der Waals surface area contributed by atoms with E-state index in [1.54, 1.807) is 0 Å². The van der Waals surface area contributed by atoms with Crippen LogP contribution in [0.15, 0.2) is 85.1 Å². The van der Waals surface area contributed by atoms with Gasteiger partial charge in [-0.3, -0.25) is 14.4 Å². The number of ether oxygens (including phenoxy) is 3. The van der Waals surface area contributed by atoms with Crippen LogP contribution in [-0.2, 0) is 28.6 Å². The summed E-state index contributed by atoms with van der Waals surface area (Å²) in [5.41, 5.74) is 0. The molecule has 0 aromatic carbocycles. The number of allylic oxidation sites excluding steroid dienone is 14. The third kappa shape index (κ3) is 59.3. The first-order chi connectivity index (χ1) is 36.0. The van der Waals surface area contributed by atoms with Crippen LogP contribution in [0.5, 0.6) is 0 Å². The lowest BCUT2D eigenvalue weighted by Gasteiger charge is -2.18. The van der Waals surface area contributed by atoms with Gasteiger partial charge in [-0.25, -0.2) is 0 Å². The topological polar surface area (TPSA) is 78.9 Å². The van der Waals surface area contributed by atoms with Crippen molar-refractivity contribution in [3.8, 4) is 0 Å². The summed E-state index contributed by atoms with van der Waals surface area (Å²) in [6.07, 6.45) is 80.5. The molecular weight excluding hydrogens is 901 g/mol. The summed E-state index contributed by atoms with van der Waals surface area (Å²) in [6, 6.07) is 0. The van der Waals surface area contributed by atoms with Gasteiger partial charge in [0.05, 0.1) is 0 Å². The van der Waals surface area contributed by atoms with Crippen molar-refractivity contribution >= 4 is 17.9 Å². The number of carbonyl (C=O) groups excluding carboxylic acids is 3. The van der Waals surface area contributed by atoms with Crippen molar-refractivity contribution in [3.63, 3.8) is 0 Å². The maximum atomic E-state index is 12.8. The van der Waals surface area contributed by atoms with Crippen molar-refractivity contribution in [1.82, 2.24) is 0 Å². The number of esters is 3. The zero-order chi connectivity index (χ0) is 52.9. The molecule has 0 aliphatic rings. The molecule has 0 amide bonds. The molecule has 0 rings (SSSR count). The second kappa shape index (κ2) is 61.1. The van der Waals surface area contributed by atoms with Gasteiger partial charge in [-0.15, -0.1) is 0 Å². The SMILES string of the molecule is CC/C=C\C/C=C\C/C=C\C/C=C\C/C=C\C/C=C\CCCCCCCCCCCCCCC(=O)OCC(COC(=O)CCCCCCCC)OC(=O)CCCCCCCCC/C=C\CCCCCCCCC. The van der Waals surface area contributed by atoms with E-state index in [-0.39, 0.29) is 31.1 Å². The quantitative estimate of drug-likeness (QED) is 0.0261. The summed E-state index contributed by atoms with van der Waals surface area (Å²) >= 11 is 0. The molecule has 73 heavy (non-hydrogen) atoms. The molecule has 0 N–H and O–H groups in total. The number of hydrogen-bond acceptors (Lipinski definition) is 6. The summed E-state index contributed by atoms with van der Waals surface area (Å²) in [5.74, 6) is -0.883. The van der Waals surface area contributed by atoms with E-state index < -0.39 is 6.10 Å². The van der Waals surface area contributed by atoms with Crippen molar-refractivity contribution in [2.75, 3.05) is 13.2 Å². The number of rotatable bonds is 56. The Balaban J connectivity index is 4.07. The lowest BCUT2D eigenvalue weighted by Crippen LogP contribution is -2.30. The molecule has 0 bridgehead atoms. The van der Waals surface area contributed by atoms with Gasteiger partial charge in [-0.2, -0.15) is 0 Å². The fourth-order valence-electron chi connectivity index (χ4n) is 8.74. The normalized spacial score (nSPS) is 12.6. The van der Waals surface area contributed by atoms with Crippen molar-refractivity contribution in [1.29, 1.82) is 0 Å². The van der Waals surface area contributed by atoms with E-state index in [0.717, 1.165) is 96.3 Å². The van der Waals surface area contributed by atoms with Gasteiger partial charge in [-0.1, -0.05) is 273 Å². The molecular formula is C67H116O6. The molecule has 6 nitrogen and oxygen atoms in total. The van der Waals surface area contributed by atoms with Crippen LogP contribution in [0.1, 0.15) is 303 Å². The second-order valence-electron chi connectivity index (χ2n) is 20.6. The number of hydrogen-bond donors (Lipinski definition) is 0. The predicted octanol–water partition coefficient (Wildman–Crippen LogP) is 21.1. The number of unbranched alkanes of at least 4 members (excludes halogenated alkanes) is 31. The minimum absolute atomic E-state index is 0.0763. The van der Waals surface area contributed by atoms with Crippen molar-refractivity contribution in [2.24, 2.45) is 0 Å². The highest BCUT2D eigenvalue weighted by molar-refractivity contribution is 5.71. The lowest BCUT2D eigenvalue weighted by atomic mass is 10.0. The van der Waals surface area contributed by atoms with Crippen LogP contribution < -0.4 is 0 Å². The fraction of sp³-hybridized carbons (Fsp3) is 0.746. The minimum atomic E-state index is -0.775. The standard InChI is InChI=1S/C67H116O6/c1-4-7-10-13-16-18-20-22-24-26-28-29-30-31-32-33-34-35-36-37-38-39-40-42-43-45-47-49-51-54-57-60-66(69)72-63-64(62-71-65(68)59-56-53-15-12-9-6-3)73-67(70)61-58-55-52-50-48-46-44-41-27-25-23-21-19-17-14-11-8-5-2/h7,10,16,18,22,24-25,27-29,31-32,34-35,64H,4-6,8-9,11-15,17,19-21,23,26,30,33,36-63H2,1-3H3/b10-7-,18-16-,24-22-,27-25-,29-28-,32-31-,35-34-. The van der Waals surface area contributed by atoms with E-state index in [2.05, 4.69) is 106 Å². The molecule has 0 spiro atoms. The Morgan fingerprint density at radius 1 is 0.288 bits per heavy atom. The van der Waals surface area contributed by atoms with Gasteiger partial charge in [0.15, 0.2) is 6.10 Å². The average Bonchev–Trinajstić information content (AvgIpc) is 3.39. The Morgan fingerprint density at radius 3 is 0.849 bits per heavy atom. The van der Waals surface area contributed by atoms with Crippen LogP contribution in [-0.4, -0.2) is 37.2 Å². The first-order valence-electron chi connectivity index (χ1n) is 31.1. The Morgan fingerprint density at radius 2 is 0.534 bits per heavy atom. The van der Waals surface area contributed by atoms with Gasteiger partial charge in [-0.05, 0) is 96.3 Å². The van der Waals surface area contributed by atoms with Gasteiger partial charge in [0.2, 0.25) is 0 Å². The lowest BCUT2D eigenvalue weighted by molar-refractivity contribution is -0.167. The number of carbonyl (C=O) groups is 3. The zero-order valence-corrected chi connectivity index (χ0v) is 48.1. The maximum Gasteiger partial charge on any atom is 0.306 e. The van der Waals surface area contributed by atoms with Crippen molar-refractivity contribution in [3.05, 3.63) is 85.1 Å². The van der Waals surface area contributed by atoms with E-state index in [1.165, 1.54) is 167 Å². The first-order valence-corrected chi connectivity index (χ1v) is 31.1. The molecule has 0 aliphatic heterocycles. The van der Waals surface area contributed by atoms with Crippen LogP contribution in [0.25, 0.3) is 0 Å². The summed E-state index contributed by atoms with van der Waals surface area (Å²) in [5, 5.41) is 0. The van der Waals surface area contributed by atoms with E-state index in [9.17, 15) is 14.4 Å². The smallest absolute Gasteiger partial charge is 0.306 e. The van der Waals surface area contributed by atoms with Crippen LogP contribution >= 0.6 is 0 Å². The van der Waals surface area contributed by atoms with Gasteiger partial charge < -0.3 is 14.2 Å². The monoisotopic (exact) mass is 1020 g/mol. The maximum absolute atomic E-state index is 12.8. The molecule has 6 heteroatoms. The van der Waals surface area contributed by atoms with E-state index >= 15 is 0 Å². The van der Waals surface area contributed by atoms with E-state index in [4.69, 9.17) is 14.2 Å². The van der Waals surface area contributed by atoms with Crippen molar-refractivity contribution in [2.45, 2.75) is 309 Å². The van der Waals surface area contributed by atoms with Gasteiger partial charge in [0.1, 0.15) is 13.2 Å². The van der Waals surface area contributed by atoms with Crippen LogP contribution in [0.3, 0.4) is 0 Å². The molecule has 0 aliphatic carbocycles. The predicted molar refractivity (Wildman–Crippen MR) is 316 cm³/mol. The molecule has 0 radical (unpaired) electrons. The highest BCUT2D eigenvalue weighted by Crippen LogP contribution is 2.16. The molecule has 0 heterocycles. The van der Waals surface area contributed by atoms with Crippen molar-refractivity contribution < 1.29 is 28.6 Å². The third-order valence-electron chi connectivity index (χ3n) is 13.4. The van der Waals surface area contributed by atoms with E-state index in [1.807, 2.05) is 0 Å². The largest absolute Gasteiger partial charge is 0.462 e. The molecule has 0 saturated carbocycles. The molecule has 0 fully saturated rings. The van der Waals surface area contributed by atoms with Crippen LogP contribution in [0.4, 0.5) is 0 Å². The second-order valence-corrected chi connectivity index (χ2v) is 20.6. The van der Waals surface area contributed by atoms with E-state index in [0.29, 0.717) is 19.3 Å². The molecule has 0 saturated heterocycles. The zero-order valence-electron chi connectivity index (χ0n) is 48.1. The average molecular weight is 1020 g/mol. The summed E-state index contributed by atoms with van der Waals surface area (Å²) in [6.45, 7) is 6.48. The first kappa shape index (κ1) is 69.6. The molecule has 0 aromatic heterocycles. The Kier molecular flexibility index (Phi) is 58.3. The fourth-order valence-corrected chi connectivity index (χ4v) is 8.74. The van der Waals surface area contributed by atoms with Gasteiger partial charge in [0, 0.05) is 19.3 Å². The highest BCUT2D eigenvalue weighted by atomic mass is 16.6. The van der Waals surface area contributed by atoms with Crippen LogP contribution in [0, 0.1) is 0 Å². The summed E-state index contributed by atoms with van der Waals surface area (Å²) in [4.78, 5) is 37.9. The minimum Gasteiger partial charge on any atom is -0.462 e. The Hall–Kier alpha value is -3.41. The Labute approximate surface area is 452 Å². The molecule has 0 aromatic rings.